The van der Waals surface area contributed by atoms with E-state index in [9.17, 15) is 8.78 Å². The Balaban J connectivity index is 2.13. The SMILES string of the molecule is Fc1ccc(CC(Br)c2ncccn2)cc1F. The Bertz CT molecular complexity index is 505. The molecule has 17 heavy (non-hydrogen) atoms. The van der Waals surface area contributed by atoms with Gasteiger partial charge in [-0.15, -0.1) is 0 Å². The number of aromatic nitrogens is 2. The van der Waals surface area contributed by atoms with Crippen molar-refractivity contribution >= 4 is 15.9 Å². The number of alkyl halides is 1. The normalized spacial score (nSPS) is 12.4. The molecule has 0 saturated carbocycles. The zero-order valence-electron chi connectivity index (χ0n) is 8.78. The van der Waals surface area contributed by atoms with Crippen molar-refractivity contribution < 1.29 is 8.78 Å². The monoisotopic (exact) mass is 298 g/mol. The van der Waals surface area contributed by atoms with Crippen LogP contribution in [0.25, 0.3) is 0 Å². The molecule has 88 valence electrons. The van der Waals surface area contributed by atoms with Gasteiger partial charge in [0, 0.05) is 12.4 Å². The highest BCUT2D eigenvalue weighted by Crippen LogP contribution is 2.24. The van der Waals surface area contributed by atoms with Gasteiger partial charge < -0.3 is 0 Å². The quantitative estimate of drug-likeness (QED) is 0.811. The van der Waals surface area contributed by atoms with Gasteiger partial charge in [0.05, 0.1) is 4.83 Å². The van der Waals surface area contributed by atoms with Gasteiger partial charge in [-0.05, 0) is 30.2 Å². The average molecular weight is 299 g/mol. The van der Waals surface area contributed by atoms with E-state index in [0.717, 1.165) is 6.07 Å². The van der Waals surface area contributed by atoms with Crippen LogP contribution in [0.5, 0.6) is 0 Å². The fourth-order valence-electron chi connectivity index (χ4n) is 1.44. The molecule has 2 aromatic rings. The predicted octanol–water partition coefficient (Wildman–Crippen LogP) is 3.43. The first kappa shape index (κ1) is 12.1. The van der Waals surface area contributed by atoms with Gasteiger partial charge in [-0.25, -0.2) is 18.7 Å². The number of hydrogen-bond acceptors (Lipinski definition) is 2. The Morgan fingerprint density at radius 2 is 1.82 bits per heavy atom. The van der Waals surface area contributed by atoms with E-state index in [-0.39, 0.29) is 4.83 Å². The number of hydrogen-bond donors (Lipinski definition) is 0. The second-order valence-corrected chi connectivity index (χ2v) is 4.63. The summed E-state index contributed by atoms with van der Waals surface area (Å²) >= 11 is 3.42. The van der Waals surface area contributed by atoms with Crippen molar-refractivity contribution in [1.82, 2.24) is 9.97 Å². The van der Waals surface area contributed by atoms with Gasteiger partial charge in [-0.2, -0.15) is 0 Å². The fraction of sp³-hybridized carbons (Fsp3) is 0.167. The van der Waals surface area contributed by atoms with E-state index >= 15 is 0 Å². The molecule has 0 radical (unpaired) electrons. The second kappa shape index (κ2) is 5.31. The lowest BCUT2D eigenvalue weighted by Gasteiger charge is -2.08. The summed E-state index contributed by atoms with van der Waals surface area (Å²) < 4.78 is 25.8. The number of rotatable bonds is 3. The summed E-state index contributed by atoms with van der Waals surface area (Å²) in [5, 5.41) is 0. The zero-order valence-corrected chi connectivity index (χ0v) is 10.4. The maximum atomic E-state index is 13.0. The summed E-state index contributed by atoms with van der Waals surface area (Å²) in [6, 6.07) is 5.58. The topological polar surface area (TPSA) is 25.8 Å². The molecule has 2 nitrogen and oxygen atoms in total. The summed E-state index contributed by atoms with van der Waals surface area (Å²) in [7, 11) is 0. The molecule has 0 fully saturated rings. The molecule has 0 N–H and O–H groups in total. The molecule has 0 aliphatic rings. The van der Waals surface area contributed by atoms with Crippen LogP contribution in [-0.4, -0.2) is 9.97 Å². The van der Waals surface area contributed by atoms with Gasteiger partial charge in [-0.1, -0.05) is 22.0 Å². The van der Waals surface area contributed by atoms with E-state index in [1.54, 1.807) is 24.5 Å². The van der Waals surface area contributed by atoms with Crippen LogP contribution in [-0.2, 0) is 6.42 Å². The Morgan fingerprint density at radius 3 is 2.47 bits per heavy atom. The first-order chi connectivity index (χ1) is 8.16. The van der Waals surface area contributed by atoms with E-state index in [2.05, 4.69) is 25.9 Å². The third kappa shape index (κ3) is 3.06. The molecular weight excluding hydrogens is 290 g/mol. The van der Waals surface area contributed by atoms with Crippen molar-refractivity contribution in [1.29, 1.82) is 0 Å². The summed E-state index contributed by atoms with van der Waals surface area (Å²) in [6.07, 6.45) is 3.78. The van der Waals surface area contributed by atoms with Crippen LogP contribution in [0.1, 0.15) is 16.2 Å². The molecule has 0 amide bonds. The second-order valence-electron chi connectivity index (χ2n) is 3.53. The highest BCUT2D eigenvalue weighted by Gasteiger charge is 2.12. The molecule has 0 saturated heterocycles. The maximum absolute atomic E-state index is 13.0. The summed E-state index contributed by atoms with van der Waals surface area (Å²) in [5.74, 6) is -1.05. The van der Waals surface area contributed by atoms with Crippen LogP contribution >= 0.6 is 15.9 Å². The van der Waals surface area contributed by atoms with Gasteiger partial charge in [0.1, 0.15) is 5.82 Å². The lowest BCUT2D eigenvalue weighted by Crippen LogP contribution is -2.01. The predicted molar refractivity (Wildman–Crippen MR) is 63.8 cm³/mol. The Hall–Kier alpha value is -1.36. The number of benzene rings is 1. The van der Waals surface area contributed by atoms with E-state index in [0.29, 0.717) is 17.8 Å². The smallest absolute Gasteiger partial charge is 0.159 e. The van der Waals surface area contributed by atoms with Crippen molar-refractivity contribution in [2.45, 2.75) is 11.2 Å². The molecule has 0 aliphatic carbocycles. The van der Waals surface area contributed by atoms with Crippen LogP contribution in [0.3, 0.4) is 0 Å². The minimum absolute atomic E-state index is 0.117. The Kier molecular flexibility index (Phi) is 3.78. The van der Waals surface area contributed by atoms with Crippen molar-refractivity contribution in [3.8, 4) is 0 Å². The lowest BCUT2D eigenvalue weighted by molar-refractivity contribution is 0.507. The molecule has 0 aliphatic heterocycles. The minimum atomic E-state index is -0.837. The average Bonchev–Trinajstić information content (AvgIpc) is 2.35. The Labute approximate surface area is 106 Å². The number of nitrogens with zero attached hydrogens (tertiary/aromatic N) is 2. The van der Waals surface area contributed by atoms with Crippen molar-refractivity contribution in [2.24, 2.45) is 0 Å². The first-order valence-electron chi connectivity index (χ1n) is 5.01. The Morgan fingerprint density at radius 1 is 1.12 bits per heavy atom. The van der Waals surface area contributed by atoms with Crippen LogP contribution in [0.2, 0.25) is 0 Å². The first-order valence-corrected chi connectivity index (χ1v) is 5.93. The van der Waals surface area contributed by atoms with Crippen LogP contribution in [0, 0.1) is 11.6 Å². The maximum Gasteiger partial charge on any atom is 0.159 e. The number of halogens is 3. The van der Waals surface area contributed by atoms with Gasteiger partial charge in [0.2, 0.25) is 0 Å². The van der Waals surface area contributed by atoms with E-state index in [1.807, 2.05) is 0 Å². The zero-order chi connectivity index (χ0) is 12.3. The molecule has 1 atom stereocenters. The molecule has 1 heterocycles. The molecular formula is C12H9BrF2N2. The van der Waals surface area contributed by atoms with Gasteiger partial charge >= 0.3 is 0 Å². The molecule has 0 spiro atoms. The van der Waals surface area contributed by atoms with Crippen molar-refractivity contribution in [3.05, 3.63) is 59.7 Å². The van der Waals surface area contributed by atoms with Gasteiger partial charge in [0.25, 0.3) is 0 Å². The fourth-order valence-corrected chi connectivity index (χ4v) is 2.05. The van der Waals surface area contributed by atoms with Crippen LogP contribution in [0.4, 0.5) is 8.78 Å². The van der Waals surface area contributed by atoms with Crippen LogP contribution < -0.4 is 0 Å². The van der Waals surface area contributed by atoms with E-state index < -0.39 is 11.6 Å². The molecule has 2 rings (SSSR count). The minimum Gasteiger partial charge on any atom is -0.240 e. The molecule has 0 bridgehead atoms. The summed E-state index contributed by atoms with van der Waals surface area (Å²) in [4.78, 5) is 8.06. The molecule has 1 unspecified atom stereocenters. The summed E-state index contributed by atoms with van der Waals surface area (Å²) in [5.41, 5.74) is 0.693. The standard InChI is InChI=1S/C12H9BrF2N2/c13-9(12-16-4-1-5-17-12)6-8-2-3-10(14)11(15)7-8/h1-5,7,9H,6H2. The highest BCUT2D eigenvalue weighted by atomic mass is 79.9. The van der Waals surface area contributed by atoms with Crippen molar-refractivity contribution in [2.75, 3.05) is 0 Å². The third-order valence-corrected chi connectivity index (χ3v) is 3.00. The van der Waals surface area contributed by atoms with E-state index in [4.69, 9.17) is 0 Å². The molecule has 5 heteroatoms. The third-order valence-electron chi connectivity index (χ3n) is 2.26. The molecule has 1 aromatic carbocycles. The van der Waals surface area contributed by atoms with Gasteiger partial charge in [0.15, 0.2) is 11.6 Å². The van der Waals surface area contributed by atoms with E-state index in [1.165, 1.54) is 6.07 Å². The molecule has 1 aromatic heterocycles. The highest BCUT2D eigenvalue weighted by molar-refractivity contribution is 9.09. The largest absolute Gasteiger partial charge is 0.240 e. The lowest BCUT2D eigenvalue weighted by atomic mass is 10.1. The summed E-state index contributed by atoms with van der Waals surface area (Å²) in [6.45, 7) is 0. The van der Waals surface area contributed by atoms with Gasteiger partial charge in [-0.3, -0.25) is 0 Å². The van der Waals surface area contributed by atoms with Crippen molar-refractivity contribution in [3.63, 3.8) is 0 Å². The van der Waals surface area contributed by atoms with Crippen LogP contribution in [0.15, 0.2) is 36.7 Å².